The summed E-state index contributed by atoms with van der Waals surface area (Å²) in [6.07, 6.45) is 3.89. The van der Waals surface area contributed by atoms with Crippen molar-refractivity contribution < 1.29 is 14.3 Å². The van der Waals surface area contributed by atoms with Crippen molar-refractivity contribution >= 4 is 16.9 Å². The highest BCUT2D eigenvalue weighted by atomic mass is 16.7. The third-order valence-corrected chi connectivity index (χ3v) is 5.75. The highest BCUT2D eigenvalue weighted by Gasteiger charge is 2.36. The summed E-state index contributed by atoms with van der Waals surface area (Å²) in [7, 11) is 0. The van der Waals surface area contributed by atoms with Gasteiger partial charge < -0.3 is 14.4 Å². The first kappa shape index (κ1) is 19.2. The summed E-state index contributed by atoms with van der Waals surface area (Å²) in [4.78, 5) is 27.8. The third kappa shape index (κ3) is 3.61. The Morgan fingerprint density at radius 1 is 1.07 bits per heavy atom. The number of rotatable bonds is 6. The maximum Gasteiger partial charge on any atom is 0.329 e. The summed E-state index contributed by atoms with van der Waals surface area (Å²) in [5.41, 5.74) is 1.80. The molecule has 1 aromatic carbocycles. The number of fused-ring (bicyclic) bond motifs is 1. The van der Waals surface area contributed by atoms with E-state index in [4.69, 9.17) is 9.47 Å². The molecular formula is C21H29N3O4. The topological polar surface area (TPSA) is 65.7 Å². The molecule has 0 bridgehead atoms. The second-order valence-electron chi connectivity index (χ2n) is 7.58. The summed E-state index contributed by atoms with van der Waals surface area (Å²) in [6, 6.07) is 7.80. The van der Waals surface area contributed by atoms with Crippen LogP contribution in [0, 0.1) is 0 Å². The molecule has 3 heterocycles. The molecule has 2 aliphatic heterocycles. The van der Waals surface area contributed by atoms with Crippen LogP contribution < -0.4 is 5.69 Å². The number of amides is 1. The van der Waals surface area contributed by atoms with Crippen LogP contribution in [-0.4, -0.2) is 52.0 Å². The van der Waals surface area contributed by atoms with Crippen LogP contribution in [-0.2, 0) is 27.4 Å². The molecule has 1 unspecified atom stereocenters. The van der Waals surface area contributed by atoms with Gasteiger partial charge in [-0.25, -0.2) is 4.79 Å². The van der Waals surface area contributed by atoms with Crippen molar-refractivity contribution in [3.8, 4) is 0 Å². The van der Waals surface area contributed by atoms with Gasteiger partial charge in [-0.1, -0.05) is 19.1 Å². The van der Waals surface area contributed by atoms with E-state index in [9.17, 15) is 9.59 Å². The normalized spacial score (nSPS) is 20.9. The zero-order valence-electron chi connectivity index (χ0n) is 16.5. The van der Waals surface area contributed by atoms with Crippen molar-refractivity contribution in [2.24, 2.45) is 0 Å². The fourth-order valence-corrected chi connectivity index (χ4v) is 4.43. The molecule has 7 nitrogen and oxygen atoms in total. The Morgan fingerprint density at radius 3 is 2.43 bits per heavy atom. The second kappa shape index (κ2) is 8.49. The lowest BCUT2D eigenvalue weighted by Crippen LogP contribution is -2.50. The predicted octanol–water partition coefficient (Wildman–Crippen LogP) is 2.36. The van der Waals surface area contributed by atoms with E-state index in [0.29, 0.717) is 32.7 Å². The number of piperidine rings is 1. The van der Waals surface area contributed by atoms with E-state index >= 15 is 0 Å². The van der Waals surface area contributed by atoms with Gasteiger partial charge in [-0.15, -0.1) is 0 Å². The molecule has 0 radical (unpaired) electrons. The fraction of sp³-hybridized carbons (Fsp3) is 0.619. The van der Waals surface area contributed by atoms with Gasteiger partial charge in [0, 0.05) is 26.1 Å². The Morgan fingerprint density at radius 2 is 1.75 bits per heavy atom. The zero-order valence-corrected chi connectivity index (χ0v) is 16.5. The number of carbonyl (C=O) groups is 1. The number of hydrogen-bond acceptors (Lipinski definition) is 4. The van der Waals surface area contributed by atoms with E-state index in [1.807, 2.05) is 33.7 Å². The van der Waals surface area contributed by atoms with Crippen LogP contribution in [0.4, 0.5) is 0 Å². The Balaban J connectivity index is 1.51. The summed E-state index contributed by atoms with van der Waals surface area (Å²) in [5.74, 6) is 0.0722. The number of carbonyl (C=O) groups excluding carboxylic acids is 1. The summed E-state index contributed by atoms with van der Waals surface area (Å²) >= 11 is 0. The van der Waals surface area contributed by atoms with Crippen LogP contribution >= 0.6 is 0 Å². The maximum atomic E-state index is 13.0. The molecule has 2 fully saturated rings. The highest BCUT2D eigenvalue weighted by Crippen LogP contribution is 2.25. The van der Waals surface area contributed by atoms with E-state index in [0.717, 1.165) is 43.3 Å². The molecule has 4 rings (SSSR count). The number of likely N-dealkylation sites (tertiary alicyclic amines) is 1. The molecule has 0 saturated carbocycles. The van der Waals surface area contributed by atoms with Gasteiger partial charge in [-0.2, -0.15) is 0 Å². The minimum atomic E-state index is -0.307. The van der Waals surface area contributed by atoms with Crippen LogP contribution in [0.15, 0.2) is 29.1 Å². The van der Waals surface area contributed by atoms with Crippen molar-refractivity contribution in [1.29, 1.82) is 0 Å². The number of benzene rings is 1. The Bertz CT molecular complexity index is 881. The van der Waals surface area contributed by atoms with Crippen molar-refractivity contribution in [3.63, 3.8) is 0 Å². The second-order valence-corrected chi connectivity index (χ2v) is 7.58. The number of aryl methyl sites for hydroxylation is 2. The molecule has 28 heavy (non-hydrogen) atoms. The molecule has 2 saturated heterocycles. The first-order chi connectivity index (χ1) is 13.7. The highest BCUT2D eigenvalue weighted by molar-refractivity contribution is 5.78. The summed E-state index contributed by atoms with van der Waals surface area (Å²) in [5, 5.41) is 0. The predicted molar refractivity (Wildman–Crippen MR) is 106 cm³/mol. The fourth-order valence-electron chi connectivity index (χ4n) is 4.43. The first-order valence-corrected chi connectivity index (χ1v) is 10.4. The standard InChI is InChI=1S/C21H29N3O4/c1-2-11-23-16-7-3-4-8-17(16)24(21(23)26)13-10-19(25)22-12-6-5-9-18(22)20-27-14-15-28-20/h3-4,7-8,18,20H,2,5-6,9-15H2,1H3. The number of aromatic nitrogens is 2. The molecule has 0 spiro atoms. The monoisotopic (exact) mass is 387 g/mol. The van der Waals surface area contributed by atoms with E-state index < -0.39 is 0 Å². The van der Waals surface area contributed by atoms with Gasteiger partial charge in [0.05, 0.1) is 30.3 Å². The number of para-hydroxylation sites is 2. The molecule has 1 amide bonds. The summed E-state index contributed by atoms with van der Waals surface area (Å²) < 4.78 is 14.9. The Kier molecular flexibility index (Phi) is 5.82. The lowest BCUT2D eigenvalue weighted by atomic mass is 10.0. The van der Waals surface area contributed by atoms with Gasteiger partial charge >= 0.3 is 5.69 Å². The molecule has 2 aromatic rings. The molecule has 2 aliphatic rings. The average molecular weight is 387 g/mol. The minimum absolute atomic E-state index is 0.0121. The van der Waals surface area contributed by atoms with Crippen LogP contribution in [0.3, 0.4) is 0 Å². The van der Waals surface area contributed by atoms with Crippen LogP contribution in [0.2, 0.25) is 0 Å². The smallest absolute Gasteiger partial charge is 0.329 e. The van der Waals surface area contributed by atoms with E-state index in [-0.39, 0.29) is 23.9 Å². The summed E-state index contributed by atoms with van der Waals surface area (Å²) in [6.45, 7) is 5.06. The third-order valence-electron chi connectivity index (χ3n) is 5.75. The molecule has 1 atom stereocenters. The molecule has 7 heteroatoms. The maximum absolute atomic E-state index is 13.0. The van der Waals surface area contributed by atoms with Gasteiger partial charge in [0.2, 0.25) is 5.91 Å². The van der Waals surface area contributed by atoms with E-state index in [2.05, 4.69) is 6.92 Å². The van der Waals surface area contributed by atoms with Gasteiger partial charge in [-0.3, -0.25) is 13.9 Å². The zero-order chi connectivity index (χ0) is 19.5. The number of ether oxygens (including phenoxy) is 2. The van der Waals surface area contributed by atoms with Crippen molar-refractivity contribution in [2.75, 3.05) is 19.8 Å². The van der Waals surface area contributed by atoms with Gasteiger partial charge in [0.15, 0.2) is 6.29 Å². The molecular weight excluding hydrogens is 358 g/mol. The number of hydrogen-bond donors (Lipinski definition) is 0. The Labute approximate surface area is 164 Å². The lowest BCUT2D eigenvalue weighted by molar-refractivity contribution is -0.150. The first-order valence-electron chi connectivity index (χ1n) is 10.4. The van der Waals surface area contributed by atoms with Crippen molar-refractivity contribution in [2.45, 2.75) is 64.4 Å². The Hall–Kier alpha value is -2.12. The van der Waals surface area contributed by atoms with Crippen LogP contribution in [0.25, 0.3) is 11.0 Å². The van der Waals surface area contributed by atoms with Gasteiger partial charge in [0.25, 0.3) is 0 Å². The van der Waals surface area contributed by atoms with Gasteiger partial charge in [-0.05, 0) is 37.8 Å². The SMILES string of the molecule is CCCn1c(=O)n(CCC(=O)N2CCCCC2C2OCCO2)c2ccccc21. The van der Waals surface area contributed by atoms with E-state index in [1.165, 1.54) is 0 Å². The van der Waals surface area contributed by atoms with Crippen molar-refractivity contribution in [3.05, 3.63) is 34.7 Å². The lowest BCUT2D eigenvalue weighted by Gasteiger charge is -2.38. The molecule has 1 aromatic heterocycles. The van der Waals surface area contributed by atoms with Crippen LogP contribution in [0.5, 0.6) is 0 Å². The molecule has 0 aliphatic carbocycles. The minimum Gasteiger partial charge on any atom is -0.348 e. The van der Waals surface area contributed by atoms with Crippen molar-refractivity contribution in [1.82, 2.24) is 14.0 Å². The van der Waals surface area contributed by atoms with Gasteiger partial charge in [0.1, 0.15) is 0 Å². The van der Waals surface area contributed by atoms with E-state index in [1.54, 1.807) is 4.57 Å². The average Bonchev–Trinajstić information content (AvgIpc) is 3.35. The molecule has 152 valence electrons. The number of imidazole rings is 1. The number of nitrogens with zero attached hydrogens (tertiary/aromatic N) is 3. The van der Waals surface area contributed by atoms with Crippen LogP contribution in [0.1, 0.15) is 39.0 Å². The molecule has 0 N–H and O–H groups in total. The quantitative estimate of drug-likeness (QED) is 0.763. The largest absolute Gasteiger partial charge is 0.348 e.